The molecule has 0 aliphatic heterocycles. The first kappa shape index (κ1) is 24.4. The van der Waals surface area contributed by atoms with Crippen LogP contribution in [0.1, 0.15) is 53.9 Å². The van der Waals surface area contributed by atoms with Crippen LogP contribution >= 0.6 is 11.8 Å². The average molecular weight is 392 g/mol. The molecule has 0 unspecified atom stereocenters. The van der Waals surface area contributed by atoms with Gasteiger partial charge in [0.1, 0.15) is 6.10 Å². The molecule has 0 fully saturated rings. The molecule has 0 bridgehead atoms. The molecule has 8 nitrogen and oxygen atoms in total. The summed E-state index contributed by atoms with van der Waals surface area (Å²) in [5, 5.41) is -0.723. The van der Waals surface area contributed by atoms with Crippen LogP contribution < -0.4 is 0 Å². The Morgan fingerprint density at radius 2 is 1.46 bits per heavy atom. The Labute approximate surface area is 158 Å². The lowest BCUT2D eigenvalue weighted by molar-refractivity contribution is -0.210. The monoisotopic (exact) mass is 392 g/mol. The van der Waals surface area contributed by atoms with E-state index in [0.717, 1.165) is 24.6 Å². The van der Waals surface area contributed by atoms with Gasteiger partial charge in [0.25, 0.3) is 6.29 Å². The zero-order valence-electron chi connectivity index (χ0n) is 15.9. The third-order valence-electron chi connectivity index (χ3n) is 3.03. The molecule has 0 radical (unpaired) electrons. The van der Waals surface area contributed by atoms with E-state index in [0.29, 0.717) is 6.61 Å². The van der Waals surface area contributed by atoms with Crippen LogP contribution in [0.25, 0.3) is 0 Å². The molecule has 0 aliphatic carbocycles. The van der Waals surface area contributed by atoms with Crippen molar-refractivity contribution < 1.29 is 38.1 Å². The fourth-order valence-electron chi connectivity index (χ4n) is 2.03. The van der Waals surface area contributed by atoms with Gasteiger partial charge in [0.15, 0.2) is 5.12 Å². The van der Waals surface area contributed by atoms with Gasteiger partial charge in [-0.2, -0.15) is 0 Å². The smallest absolute Gasteiger partial charge is 0.305 e. The molecule has 150 valence electrons. The molecule has 0 saturated heterocycles. The van der Waals surface area contributed by atoms with Gasteiger partial charge < -0.3 is 18.9 Å². The maximum absolute atomic E-state index is 11.6. The van der Waals surface area contributed by atoms with Crippen molar-refractivity contribution in [2.24, 2.45) is 0 Å². The second-order valence-electron chi connectivity index (χ2n) is 5.55. The number of carbonyl (C=O) groups excluding carboxylic acids is 4. The van der Waals surface area contributed by atoms with Crippen molar-refractivity contribution in [3.63, 3.8) is 0 Å². The second-order valence-corrected chi connectivity index (χ2v) is 6.97. The predicted octanol–water partition coefficient (Wildman–Crippen LogP) is 2.23. The van der Waals surface area contributed by atoms with E-state index >= 15 is 0 Å². The van der Waals surface area contributed by atoms with Crippen molar-refractivity contribution in [3.8, 4) is 0 Å². The van der Waals surface area contributed by atoms with Crippen molar-refractivity contribution in [2.75, 3.05) is 13.2 Å². The number of esters is 3. The number of unbranched alkanes of at least 4 members (excludes halogenated alkanes) is 1. The van der Waals surface area contributed by atoms with Crippen LogP contribution in [0.2, 0.25) is 0 Å². The van der Waals surface area contributed by atoms with Crippen molar-refractivity contribution in [2.45, 2.75) is 71.5 Å². The molecule has 0 rings (SSSR count). The summed E-state index contributed by atoms with van der Waals surface area (Å²) in [4.78, 5) is 45.4. The lowest BCUT2D eigenvalue weighted by atomic mass is 10.1. The molecular formula is C17H28O8S. The number of thioether (sulfide) groups is 1. The number of hydrogen-bond donors (Lipinski definition) is 0. The lowest BCUT2D eigenvalue weighted by Crippen LogP contribution is -2.44. The van der Waals surface area contributed by atoms with E-state index in [4.69, 9.17) is 18.9 Å². The van der Waals surface area contributed by atoms with Gasteiger partial charge in [0.2, 0.25) is 0 Å². The van der Waals surface area contributed by atoms with Gasteiger partial charge in [-0.25, -0.2) is 0 Å². The van der Waals surface area contributed by atoms with Gasteiger partial charge in [0.05, 0.1) is 6.61 Å². The Hall–Kier alpha value is -1.61. The van der Waals surface area contributed by atoms with E-state index in [1.54, 1.807) is 0 Å². The van der Waals surface area contributed by atoms with Crippen LogP contribution in [0.5, 0.6) is 0 Å². The van der Waals surface area contributed by atoms with E-state index in [9.17, 15) is 19.2 Å². The summed E-state index contributed by atoms with van der Waals surface area (Å²) in [6, 6.07) is 0. The molecule has 0 aromatic heterocycles. The molecular weight excluding hydrogens is 364 g/mol. The van der Waals surface area contributed by atoms with Crippen molar-refractivity contribution in [1.29, 1.82) is 0 Å². The predicted molar refractivity (Wildman–Crippen MR) is 95.3 cm³/mol. The van der Waals surface area contributed by atoms with Gasteiger partial charge in [-0.15, -0.1) is 0 Å². The van der Waals surface area contributed by atoms with E-state index in [1.165, 1.54) is 27.7 Å². The third kappa shape index (κ3) is 11.9. The molecule has 0 saturated carbocycles. The molecule has 0 aromatic rings. The summed E-state index contributed by atoms with van der Waals surface area (Å²) in [6.45, 7) is 7.42. The first-order valence-corrected chi connectivity index (χ1v) is 9.31. The fourth-order valence-corrected chi connectivity index (χ4v) is 3.01. The molecule has 9 heteroatoms. The Kier molecular flexibility index (Phi) is 12.7. The molecule has 2 atom stereocenters. The van der Waals surface area contributed by atoms with Gasteiger partial charge in [-0.05, 0) is 12.8 Å². The molecule has 0 aromatic carbocycles. The first-order chi connectivity index (χ1) is 12.2. The molecule has 0 heterocycles. The van der Waals surface area contributed by atoms with E-state index in [1.807, 2.05) is 6.92 Å². The van der Waals surface area contributed by atoms with Crippen LogP contribution in [0.4, 0.5) is 0 Å². The second kappa shape index (κ2) is 13.6. The largest absolute Gasteiger partial charge is 0.466 e. The van der Waals surface area contributed by atoms with E-state index < -0.39 is 35.6 Å². The standard InChI is InChI=1S/C17H28O8S/c1-6-7-9-23-16(17(24-12(3)19)25-13(4)20)15(26-14(5)21)8-10-22-11(2)18/h15-17H,6-10H2,1-5H3/t15-,16+/m1/s1. The Morgan fingerprint density at radius 1 is 0.885 bits per heavy atom. The normalized spacial score (nSPS) is 13.0. The highest BCUT2D eigenvalue weighted by Crippen LogP contribution is 2.26. The minimum atomic E-state index is -1.30. The zero-order valence-corrected chi connectivity index (χ0v) is 16.8. The number of carbonyl (C=O) groups is 4. The highest BCUT2D eigenvalue weighted by atomic mass is 32.2. The SMILES string of the molecule is CCCCO[C@H](C(OC(C)=O)OC(C)=O)[C@@H](CCOC(C)=O)SC(C)=O. The summed E-state index contributed by atoms with van der Waals surface area (Å²) in [5.41, 5.74) is 0. The quantitative estimate of drug-likeness (QED) is 0.281. The Morgan fingerprint density at radius 3 is 1.88 bits per heavy atom. The summed E-state index contributed by atoms with van der Waals surface area (Å²) in [7, 11) is 0. The molecule has 0 spiro atoms. The molecule has 26 heavy (non-hydrogen) atoms. The first-order valence-electron chi connectivity index (χ1n) is 8.44. The Bertz CT molecular complexity index is 463. The summed E-state index contributed by atoms with van der Waals surface area (Å²) in [5.74, 6) is -1.74. The van der Waals surface area contributed by atoms with Crippen LogP contribution in [-0.4, -0.2) is 53.9 Å². The van der Waals surface area contributed by atoms with Crippen molar-refractivity contribution in [1.82, 2.24) is 0 Å². The van der Waals surface area contributed by atoms with E-state index in [2.05, 4.69) is 0 Å². The Balaban J connectivity index is 5.43. The van der Waals surface area contributed by atoms with Crippen LogP contribution in [0, 0.1) is 0 Å². The van der Waals surface area contributed by atoms with Crippen molar-refractivity contribution in [3.05, 3.63) is 0 Å². The maximum Gasteiger partial charge on any atom is 0.305 e. The number of hydrogen-bond acceptors (Lipinski definition) is 9. The molecule has 0 N–H and O–H groups in total. The maximum atomic E-state index is 11.6. The van der Waals surface area contributed by atoms with Crippen LogP contribution in [0.3, 0.4) is 0 Å². The summed E-state index contributed by atoms with van der Waals surface area (Å²) < 4.78 is 20.9. The zero-order chi connectivity index (χ0) is 20.1. The topological polar surface area (TPSA) is 105 Å². The van der Waals surface area contributed by atoms with Crippen LogP contribution in [-0.2, 0) is 38.1 Å². The molecule has 0 amide bonds. The van der Waals surface area contributed by atoms with Crippen molar-refractivity contribution >= 4 is 34.8 Å². The van der Waals surface area contributed by atoms with Gasteiger partial charge in [-0.3, -0.25) is 19.2 Å². The highest BCUT2D eigenvalue weighted by molar-refractivity contribution is 8.14. The van der Waals surface area contributed by atoms with Gasteiger partial charge >= 0.3 is 17.9 Å². The fraction of sp³-hybridized carbons (Fsp3) is 0.765. The lowest BCUT2D eigenvalue weighted by Gasteiger charge is -2.31. The number of rotatable bonds is 12. The minimum absolute atomic E-state index is 0.0563. The van der Waals surface area contributed by atoms with Gasteiger partial charge in [-0.1, -0.05) is 25.1 Å². The summed E-state index contributed by atoms with van der Waals surface area (Å²) >= 11 is 0.962. The van der Waals surface area contributed by atoms with E-state index in [-0.39, 0.29) is 18.1 Å². The molecule has 0 aliphatic rings. The average Bonchev–Trinajstić information content (AvgIpc) is 2.48. The number of ether oxygens (including phenoxy) is 4. The van der Waals surface area contributed by atoms with Crippen LogP contribution in [0.15, 0.2) is 0 Å². The third-order valence-corrected chi connectivity index (χ3v) is 4.17. The minimum Gasteiger partial charge on any atom is -0.466 e. The van der Waals surface area contributed by atoms with Gasteiger partial charge in [0, 0.05) is 39.6 Å². The highest BCUT2D eigenvalue weighted by Gasteiger charge is 2.36. The summed E-state index contributed by atoms with van der Waals surface area (Å²) in [6.07, 6.45) is -0.296.